The number of anilines is 1. The molecule has 5 nitrogen and oxygen atoms in total. The Morgan fingerprint density at radius 1 is 1.27 bits per heavy atom. The first-order valence-electron chi connectivity index (χ1n) is 7.24. The first kappa shape index (κ1) is 16.0. The molecular weight excluding hydrogens is 278 g/mol. The Labute approximate surface area is 130 Å². The van der Waals surface area contributed by atoms with Gasteiger partial charge in [-0.05, 0) is 24.1 Å². The Morgan fingerprint density at radius 2 is 2.00 bits per heavy atom. The second-order valence-corrected chi connectivity index (χ2v) is 5.09. The van der Waals surface area contributed by atoms with Crippen LogP contribution in [0, 0.1) is 0 Å². The molecule has 0 radical (unpaired) electrons. The quantitative estimate of drug-likeness (QED) is 0.856. The number of benzene rings is 1. The number of nitrogens with zero attached hydrogens (tertiary/aromatic N) is 2. The molecule has 2 rings (SSSR count). The monoisotopic (exact) mass is 299 g/mol. The minimum Gasteiger partial charge on any atom is -0.388 e. The fraction of sp³-hybridized carbons (Fsp3) is 0.294. The maximum atomic E-state index is 11.9. The average molecular weight is 299 g/mol. The second-order valence-electron chi connectivity index (χ2n) is 5.09. The molecule has 0 aliphatic rings. The van der Waals surface area contributed by atoms with Crippen molar-refractivity contribution in [1.82, 2.24) is 10.3 Å². The SMILES string of the molecule is CNC(=O)c1cccnc1N(C)CCC(O)c1ccccc1. The van der Waals surface area contributed by atoms with Gasteiger partial charge in [-0.15, -0.1) is 0 Å². The van der Waals surface area contributed by atoms with Crippen LogP contribution in [0.3, 0.4) is 0 Å². The molecule has 2 N–H and O–H groups in total. The van der Waals surface area contributed by atoms with Crippen molar-refractivity contribution >= 4 is 11.7 Å². The van der Waals surface area contributed by atoms with Gasteiger partial charge < -0.3 is 15.3 Å². The van der Waals surface area contributed by atoms with Crippen LogP contribution in [-0.4, -0.2) is 36.6 Å². The summed E-state index contributed by atoms with van der Waals surface area (Å²) in [7, 11) is 3.46. The summed E-state index contributed by atoms with van der Waals surface area (Å²) < 4.78 is 0. The van der Waals surface area contributed by atoms with Gasteiger partial charge in [-0.3, -0.25) is 4.79 Å². The minimum atomic E-state index is -0.532. The van der Waals surface area contributed by atoms with Gasteiger partial charge in [0.05, 0.1) is 11.7 Å². The van der Waals surface area contributed by atoms with Gasteiger partial charge in [0.1, 0.15) is 5.82 Å². The average Bonchev–Trinajstić information content (AvgIpc) is 2.59. The van der Waals surface area contributed by atoms with Crippen LogP contribution >= 0.6 is 0 Å². The zero-order valence-electron chi connectivity index (χ0n) is 12.9. The van der Waals surface area contributed by atoms with E-state index in [4.69, 9.17) is 0 Å². The van der Waals surface area contributed by atoms with Gasteiger partial charge in [0.15, 0.2) is 0 Å². The number of hydrogen-bond acceptors (Lipinski definition) is 4. The predicted molar refractivity (Wildman–Crippen MR) is 86.9 cm³/mol. The fourth-order valence-electron chi connectivity index (χ4n) is 2.28. The molecule has 1 amide bonds. The van der Waals surface area contributed by atoms with Crippen LogP contribution in [-0.2, 0) is 0 Å². The number of rotatable bonds is 6. The molecule has 1 aromatic carbocycles. The van der Waals surface area contributed by atoms with E-state index in [1.165, 1.54) is 0 Å². The van der Waals surface area contributed by atoms with Crippen LogP contribution < -0.4 is 10.2 Å². The zero-order valence-corrected chi connectivity index (χ0v) is 12.9. The third-order valence-electron chi connectivity index (χ3n) is 3.54. The maximum Gasteiger partial charge on any atom is 0.254 e. The number of carbonyl (C=O) groups excluding carboxylic acids is 1. The Morgan fingerprint density at radius 3 is 2.68 bits per heavy atom. The highest BCUT2D eigenvalue weighted by Gasteiger charge is 2.15. The molecule has 0 saturated heterocycles. The molecule has 5 heteroatoms. The van der Waals surface area contributed by atoms with Crippen molar-refractivity contribution in [2.45, 2.75) is 12.5 Å². The molecular formula is C17H21N3O2. The molecule has 1 unspecified atom stereocenters. The number of pyridine rings is 1. The summed E-state index contributed by atoms with van der Waals surface area (Å²) in [4.78, 5) is 18.0. The smallest absolute Gasteiger partial charge is 0.254 e. The second kappa shape index (κ2) is 7.56. The highest BCUT2D eigenvalue weighted by atomic mass is 16.3. The predicted octanol–water partition coefficient (Wildman–Crippen LogP) is 2.00. The number of amides is 1. The summed E-state index contributed by atoms with van der Waals surface area (Å²) >= 11 is 0. The molecule has 0 bridgehead atoms. The minimum absolute atomic E-state index is 0.168. The van der Waals surface area contributed by atoms with E-state index in [1.54, 1.807) is 25.4 Å². The summed E-state index contributed by atoms with van der Waals surface area (Å²) in [5.74, 6) is 0.445. The zero-order chi connectivity index (χ0) is 15.9. The van der Waals surface area contributed by atoms with E-state index in [-0.39, 0.29) is 5.91 Å². The summed E-state index contributed by atoms with van der Waals surface area (Å²) in [6.45, 7) is 0.594. The van der Waals surface area contributed by atoms with Crippen LogP contribution in [0.15, 0.2) is 48.7 Å². The van der Waals surface area contributed by atoms with Gasteiger partial charge in [-0.25, -0.2) is 4.98 Å². The van der Waals surface area contributed by atoms with Crippen LogP contribution in [0.25, 0.3) is 0 Å². The Kier molecular flexibility index (Phi) is 5.49. The van der Waals surface area contributed by atoms with Crippen LogP contribution in [0.4, 0.5) is 5.82 Å². The molecule has 0 spiro atoms. The molecule has 1 atom stereocenters. The molecule has 22 heavy (non-hydrogen) atoms. The van der Waals surface area contributed by atoms with Crippen molar-refractivity contribution in [2.24, 2.45) is 0 Å². The van der Waals surface area contributed by atoms with Gasteiger partial charge in [0.25, 0.3) is 5.91 Å². The van der Waals surface area contributed by atoms with Crippen molar-refractivity contribution in [1.29, 1.82) is 0 Å². The molecule has 0 aliphatic heterocycles. The van der Waals surface area contributed by atoms with E-state index in [1.807, 2.05) is 42.3 Å². The molecule has 1 aromatic heterocycles. The molecule has 0 saturated carbocycles. The number of nitrogens with one attached hydrogen (secondary N) is 1. The maximum absolute atomic E-state index is 11.9. The van der Waals surface area contributed by atoms with E-state index in [0.717, 1.165) is 5.56 Å². The lowest BCUT2D eigenvalue weighted by Gasteiger charge is -2.22. The Hall–Kier alpha value is -2.40. The highest BCUT2D eigenvalue weighted by Crippen LogP contribution is 2.20. The van der Waals surface area contributed by atoms with E-state index >= 15 is 0 Å². The number of aliphatic hydroxyl groups is 1. The number of aromatic nitrogens is 1. The van der Waals surface area contributed by atoms with Crippen LogP contribution in [0.1, 0.15) is 28.4 Å². The van der Waals surface area contributed by atoms with Gasteiger partial charge in [-0.1, -0.05) is 30.3 Å². The largest absolute Gasteiger partial charge is 0.388 e. The fourth-order valence-corrected chi connectivity index (χ4v) is 2.28. The topological polar surface area (TPSA) is 65.5 Å². The summed E-state index contributed by atoms with van der Waals surface area (Å²) in [5, 5.41) is 12.8. The van der Waals surface area contributed by atoms with E-state index in [9.17, 15) is 9.90 Å². The van der Waals surface area contributed by atoms with Crippen LogP contribution in [0.2, 0.25) is 0 Å². The lowest BCUT2D eigenvalue weighted by molar-refractivity contribution is 0.0963. The lowest BCUT2D eigenvalue weighted by Crippen LogP contribution is -2.26. The summed E-state index contributed by atoms with van der Waals surface area (Å²) in [5.41, 5.74) is 1.42. The Bertz CT molecular complexity index is 616. The van der Waals surface area contributed by atoms with E-state index in [0.29, 0.717) is 24.3 Å². The summed E-state index contributed by atoms with van der Waals surface area (Å²) in [6.07, 6.45) is 1.69. The molecule has 1 heterocycles. The van der Waals surface area contributed by atoms with Crippen molar-refractivity contribution in [3.8, 4) is 0 Å². The number of carbonyl (C=O) groups is 1. The molecule has 116 valence electrons. The number of hydrogen-bond donors (Lipinski definition) is 2. The number of aliphatic hydroxyl groups excluding tert-OH is 1. The standard InChI is InChI=1S/C17H21N3O2/c1-18-17(22)14-9-6-11-19-16(14)20(2)12-10-15(21)13-7-4-3-5-8-13/h3-9,11,15,21H,10,12H2,1-2H3,(H,18,22). The van der Waals surface area contributed by atoms with Gasteiger partial charge in [0.2, 0.25) is 0 Å². The third-order valence-corrected chi connectivity index (χ3v) is 3.54. The van der Waals surface area contributed by atoms with E-state index in [2.05, 4.69) is 10.3 Å². The summed E-state index contributed by atoms with van der Waals surface area (Å²) in [6, 6.07) is 13.0. The Balaban J connectivity index is 2.04. The third kappa shape index (κ3) is 3.83. The van der Waals surface area contributed by atoms with Crippen molar-refractivity contribution in [3.05, 3.63) is 59.8 Å². The van der Waals surface area contributed by atoms with Gasteiger partial charge in [-0.2, -0.15) is 0 Å². The van der Waals surface area contributed by atoms with E-state index < -0.39 is 6.10 Å². The normalized spacial score (nSPS) is 11.8. The lowest BCUT2D eigenvalue weighted by atomic mass is 10.1. The molecule has 0 aliphatic carbocycles. The highest BCUT2D eigenvalue weighted by molar-refractivity contribution is 5.98. The van der Waals surface area contributed by atoms with Crippen molar-refractivity contribution in [3.63, 3.8) is 0 Å². The van der Waals surface area contributed by atoms with Gasteiger partial charge in [0, 0.05) is 26.8 Å². The molecule has 2 aromatic rings. The van der Waals surface area contributed by atoms with Crippen molar-refractivity contribution < 1.29 is 9.90 Å². The van der Waals surface area contributed by atoms with Crippen LogP contribution in [0.5, 0.6) is 0 Å². The first-order valence-corrected chi connectivity index (χ1v) is 7.24. The van der Waals surface area contributed by atoms with Crippen molar-refractivity contribution in [2.75, 3.05) is 25.5 Å². The molecule has 0 fully saturated rings. The first-order chi connectivity index (χ1) is 10.6. The van der Waals surface area contributed by atoms with Gasteiger partial charge >= 0.3 is 0 Å².